The van der Waals surface area contributed by atoms with Crippen LogP contribution in [-0.4, -0.2) is 33.5 Å². The molecule has 2 aromatic heterocycles. The summed E-state index contributed by atoms with van der Waals surface area (Å²) in [5.74, 6) is 1.97. The molecule has 7 nitrogen and oxygen atoms in total. The zero-order valence-corrected chi connectivity index (χ0v) is 12.0. The van der Waals surface area contributed by atoms with Crippen LogP contribution < -0.4 is 16.0 Å². The SMILES string of the molecule is CNc1cc(Nc2nccc([C@@H]3CCCCN3)n2)ncn1. The molecule has 1 aliphatic rings. The fraction of sp³-hybridized carbons (Fsp3) is 0.429. The van der Waals surface area contributed by atoms with Crippen molar-refractivity contribution in [1.82, 2.24) is 25.3 Å². The highest BCUT2D eigenvalue weighted by molar-refractivity contribution is 5.52. The van der Waals surface area contributed by atoms with E-state index in [1.807, 2.05) is 19.2 Å². The summed E-state index contributed by atoms with van der Waals surface area (Å²) in [6, 6.07) is 4.10. The summed E-state index contributed by atoms with van der Waals surface area (Å²) in [7, 11) is 1.82. The predicted octanol–water partition coefficient (Wildman–Crippen LogP) is 1.87. The second kappa shape index (κ2) is 6.45. The number of hydrogen-bond donors (Lipinski definition) is 3. The Hall–Kier alpha value is -2.28. The van der Waals surface area contributed by atoms with Crippen molar-refractivity contribution in [2.75, 3.05) is 24.2 Å². The molecule has 0 aromatic carbocycles. The molecule has 3 rings (SSSR count). The van der Waals surface area contributed by atoms with Gasteiger partial charge in [0.05, 0.1) is 5.69 Å². The summed E-state index contributed by atoms with van der Waals surface area (Å²) in [5, 5.41) is 9.58. The zero-order valence-electron chi connectivity index (χ0n) is 12.0. The summed E-state index contributed by atoms with van der Waals surface area (Å²) in [4.78, 5) is 17.1. The molecule has 0 bridgehead atoms. The molecule has 3 heterocycles. The van der Waals surface area contributed by atoms with Gasteiger partial charge in [0.25, 0.3) is 0 Å². The summed E-state index contributed by atoms with van der Waals surface area (Å²) >= 11 is 0. The lowest BCUT2D eigenvalue weighted by Gasteiger charge is -2.23. The van der Waals surface area contributed by atoms with Crippen molar-refractivity contribution >= 4 is 17.6 Å². The molecule has 0 aliphatic carbocycles. The van der Waals surface area contributed by atoms with Gasteiger partial charge in [0.1, 0.15) is 18.0 Å². The second-order valence-electron chi connectivity index (χ2n) is 4.97. The first kappa shape index (κ1) is 13.7. The van der Waals surface area contributed by atoms with E-state index in [0.29, 0.717) is 17.8 Å². The van der Waals surface area contributed by atoms with Crippen molar-refractivity contribution < 1.29 is 0 Å². The number of nitrogens with zero attached hydrogens (tertiary/aromatic N) is 4. The van der Waals surface area contributed by atoms with Gasteiger partial charge in [-0.2, -0.15) is 0 Å². The van der Waals surface area contributed by atoms with Crippen molar-refractivity contribution in [1.29, 1.82) is 0 Å². The van der Waals surface area contributed by atoms with Crippen LogP contribution in [0, 0.1) is 0 Å². The average Bonchev–Trinajstić information content (AvgIpc) is 2.56. The fourth-order valence-electron chi connectivity index (χ4n) is 2.41. The lowest BCUT2D eigenvalue weighted by molar-refractivity contribution is 0.405. The summed E-state index contributed by atoms with van der Waals surface area (Å²) < 4.78 is 0. The van der Waals surface area contributed by atoms with Gasteiger partial charge in [0.2, 0.25) is 5.95 Å². The highest BCUT2D eigenvalue weighted by Gasteiger charge is 2.16. The van der Waals surface area contributed by atoms with E-state index in [0.717, 1.165) is 24.5 Å². The number of anilines is 3. The Balaban J connectivity index is 1.76. The maximum Gasteiger partial charge on any atom is 0.228 e. The zero-order chi connectivity index (χ0) is 14.5. The van der Waals surface area contributed by atoms with Gasteiger partial charge in [-0.25, -0.2) is 19.9 Å². The van der Waals surface area contributed by atoms with Gasteiger partial charge in [-0.15, -0.1) is 0 Å². The van der Waals surface area contributed by atoms with E-state index in [2.05, 4.69) is 35.9 Å². The molecule has 7 heteroatoms. The lowest BCUT2D eigenvalue weighted by atomic mass is 10.0. The highest BCUT2D eigenvalue weighted by atomic mass is 15.2. The van der Waals surface area contributed by atoms with E-state index in [1.165, 1.54) is 19.2 Å². The largest absolute Gasteiger partial charge is 0.373 e. The van der Waals surface area contributed by atoms with E-state index in [4.69, 9.17) is 0 Å². The molecule has 0 radical (unpaired) electrons. The number of aromatic nitrogens is 4. The molecule has 0 unspecified atom stereocenters. The molecule has 1 atom stereocenters. The fourth-order valence-corrected chi connectivity index (χ4v) is 2.41. The number of piperidine rings is 1. The molecular formula is C14H19N7. The maximum atomic E-state index is 4.58. The normalized spacial score (nSPS) is 18.2. The Morgan fingerprint density at radius 1 is 1.19 bits per heavy atom. The lowest BCUT2D eigenvalue weighted by Crippen LogP contribution is -2.27. The van der Waals surface area contributed by atoms with Crippen LogP contribution in [0.25, 0.3) is 0 Å². The van der Waals surface area contributed by atoms with Crippen LogP contribution in [0.5, 0.6) is 0 Å². The Labute approximate surface area is 123 Å². The summed E-state index contributed by atoms with van der Waals surface area (Å²) in [5.41, 5.74) is 1.02. The van der Waals surface area contributed by atoms with Crippen LogP contribution in [0.1, 0.15) is 31.0 Å². The van der Waals surface area contributed by atoms with Crippen LogP contribution in [0.3, 0.4) is 0 Å². The Bertz CT molecular complexity index is 595. The molecule has 1 fully saturated rings. The summed E-state index contributed by atoms with van der Waals surface area (Å²) in [6.07, 6.45) is 6.87. The molecular weight excluding hydrogens is 266 g/mol. The van der Waals surface area contributed by atoms with Gasteiger partial charge in [0, 0.05) is 25.4 Å². The standard InChI is InChI=1S/C14H19N7/c1-15-12-8-13(19-9-18-12)21-14-17-7-5-11(20-14)10-4-2-3-6-16-10/h5,7-10,16H,2-4,6H2,1H3,(H2,15,17,18,19,20,21)/t10-/m0/s1. The van der Waals surface area contributed by atoms with Crippen LogP contribution in [0.4, 0.5) is 17.6 Å². The maximum absolute atomic E-state index is 4.58. The second-order valence-corrected chi connectivity index (χ2v) is 4.97. The monoisotopic (exact) mass is 285 g/mol. The Kier molecular flexibility index (Phi) is 4.20. The van der Waals surface area contributed by atoms with E-state index < -0.39 is 0 Å². The van der Waals surface area contributed by atoms with Gasteiger partial charge in [-0.05, 0) is 25.5 Å². The first-order chi connectivity index (χ1) is 10.3. The molecule has 110 valence electrons. The van der Waals surface area contributed by atoms with E-state index in [1.54, 1.807) is 6.20 Å². The number of rotatable bonds is 4. The molecule has 0 amide bonds. The van der Waals surface area contributed by atoms with Crippen molar-refractivity contribution in [3.63, 3.8) is 0 Å². The topological polar surface area (TPSA) is 87.7 Å². The molecule has 2 aromatic rings. The number of hydrogen-bond acceptors (Lipinski definition) is 7. The molecule has 0 spiro atoms. The van der Waals surface area contributed by atoms with Gasteiger partial charge >= 0.3 is 0 Å². The van der Waals surface area contributed by atoms with Crippen molar-refractivity contribution in [2.24, 2.45) is 0 Å². The quantitative estimate of drug-likeness (QED) is 0.790. The minimum atomic E-state index is 0.320. The minimum Gasteiger partial charge on any atom is -0.373 e. The van der Waals surface area contributed by atoms with Crippen LogP contribution >= 0.6 is 0 Å². The third-order valence-corrected chi connectivity index (χ3v) is 3.51. The predicted molar refractivity (Wildman–Crippen MR) is 81.5 cm³/mol. The third-order valence-electron chi connectivity index (χ3n) is 3.51. The van der Waals surface area contributed by atoms with Crippen LogP contribution in [0.15, 0.2) is 24.7 Å². The Morgan fingerprint density at radius 2 is 2.10 bits per heavy atom. The third kappa shape index (κ3) is 3.43. The molecule has 21 heavy (non-hydrogen) atoms. The van der Waals surface area contributed by atoms with Gasteiger partial charge in [0.15, 0.2) is 0 Å². The summed E-state index contributed by atoms with van der Waals surface area (Å²) in [6.45, 7) is 1.05. The van der Waals surface area contributed by atoms with Crippen LogP contribution in [0.2, 0.25) is 0 Å². The Morgan fingerprint density at radius 3 is 2.90 bits per heavy atom. The number of nitrogens with one attached hydrogen (secondary N) is 3. The van der Waals surface area contributed by atoms with E-state index >= 15 is 0 Å². The van der Waals surface area contributed by atoms with Gasteiger partial charge in [-0.1, -0.05) is 6.42 Å². The highest BCUT2D eigenvalue weighted by Crippen LogP contribution is 2.22. The van der Waals surface area contributed by atoms with Crippen molar-refractivity contribution in [3.8, 4) is 0 Å². The van der Waals surface area contributed by atoms with E-state index in [-0.39, 0.29) is 0 Å². The first-order valence-corrected chi connectivity index (χ1v) is 7.18. The van der Waals surface area contributed by atoms with E-state index in [9.17, 15) is 0 Å². The molecule has 0 saturated carbocycles. The van der Waals surface area contributed by atoms with Gasteiger partial charge in [-0.3, -0.25) is 0 Å². The first-order valence-electron chi connectivity index (χ1n) is 7.18. The minimum absolute atomic E-state index is 0.320. The van der Waals surface area contributed by atoms with Crippen LogP contribution in [-0.2, 0) is 0 Å². The molecule has 1 saturated heterocycles. The van der Waals surface area contributed by atoms with Crippen molar-refractivity contribution in [2.45, 2.75) is 25.3 Å². The smallest absolute Gasteiger partial charge is 0.228 e. The van der Waals surface area contributed by atoms with Gasteiger partial charge < -0.3 is 16.0 Å². The molecule has 1 aliphatic heterocycles. The molecule has 3 N–H and O–H groups in total. The average molecular weight is 285 g/mol. The van der Waals surface area contributed by atoms with Crippen molar-refractivity contribution in [3.05, 3.63) is 30.4 Å².